The summed E-state index contributed by atoms with van der Waals surface area (Å²) in [6.45, 7) is 20.0. The van der Waals surface area contributed by atoms with Crippen LogP contribution in [0.15, 0.2) is 12.7 Å². The summed E-state index contributed by atoms with van der Waals surface area (Å²) < 4.78 is 11.7. The molecular weight excluding hydrogens is 310 g/mol. The van der Waals surface area contributed by atoms with Gasteiger partial charge in [0.15, 0.2) is 8.32 Å². The Morgan fingerprint density at radius 3 is 2.09 bits per heavy atom. The molecule has 3 atom stereocenters. The number of hydrogen-bond donors (Lipinski definition) is 0. The van der Waals surface area contributed by atoms with Crippen LogP contribution in [0.5, 0.6) is 0 Å². The van der Waals surface area contributed by atoms with Gasteiger partial charge in [-0.05, 0) is 38.9 Å². The van der Waals surface area contributed by atoms with Gasteiger partial charge < -0.3 is 14.0 Å². The fraction of sp³-hybridized carbons (Fsp3) is 0.765. The Morgan fingerprint density at radius 2 is 1.74 bits per heavy atom. The zero-order chi connectivity index (χ0) is 18.2. The molecule has 0 spiro atoms. The van der Waals surface area contributed by atoms with Crippen molar-refractivity contribution in [3.8, 4) is 0 Å². The zero-order valence-electron chi connectivity index (χ0n) is 15.7. The van der Waals surface area contributed by atoms with Crippen LogP contribution in [-0.2, 0) is 14.0 Å². The van der Waals surface area contributed by atoms with Crippen molar-refractivity contribution in [2.45, 2.75) is 83.5 Å². The summed E-state index contributed by atoms with van der Waals surface area (Å²) in [4.78, 5) is 25.0. The Balaban J connectivity index is 2.88. The van der Waals surface area contributed by atoms with E-state index in [0.29, 0.717) is 0 Å². The predicted molar refractivity (Wildman–Crippen MR) is 94.0 cm³/mol. The van der Waals surface area contributed by atoms with Gasteiger partial charge in [-0.15, -0.1) is 6.58 Å². The number of amides is 1. The summed E-state index contributed by atoms with van der Waals surface area (Å²) >= 11 is 0. The molecule has 0 aromatic rings. The van der Waals surface area contributed by atoms with Gasteiger partial charge in [0.2, 0.25) is 0 Å². The predicted octanol–water partition coefficient (Wildman–Crippen LogP) is 3.75. The maximum atomic E-state index is 12.2. The molecule has 0 aromatic carbocycles. The second-order valence-electron chi connectivity index (χ2n) is 8.58. The van der Waals surface area contributed by atoms with E-state index in [1.54, 1.807) is 26.8 Å². The largest absolute Gasteiger partial charge is 0.444 e. The molecule has 0 aromatic heterocycles. The minimum atomic E-state index is -2.03. The first-order valence-corrected chi connectivity index (χ1v) is 10.9. The molecule has 0 N–H and O–H groups in total. The van der Waals surface area contributed by atoms with Gasteiger partial charge in [-0.25, -0.2) is 4.79 Å². The van der Waals surface area contributed by atoms with Crippen LogP contribution in [0, 0.1) is 0 Å². The topological polar surface area (TPSA) is 55.6 Å². The van der Waals surface area contributed by atoms with Crippen molar-refractivity contribution in [2.24, 2.45) is 0 Å². The third-order valence-corrected chi connectivity index (χ3v) is 8.93. The number of nitrogens with zero attached hydrogens (tertiary/aromatic N) is 1. The quantitative estimate of drug-likeness (QED) is 0.331. The Labute approximate surface area is 141 Å². The smallest absolute Gasteiger partial charge is 0.411 e. The normalized spacial score (nSPS) is 23.2. The van der Waals surface area contributed by atoms with Gasteiger partial charge >= 0.3 is 6.09 Å². The van der Waals surface area contributed by atoms with E-state index in [-0.39, 0.29) is 17.2 Å². The van der Waals surface area contributed by atoms with E-state index < -0.39 is 26.1 Å². The second kappa shape index (κ2) is 6.40. The maximum absolute atomic E-state index is 12.2. The van der Waals surface area contributed by atoms with Crippen molar-refractivity contribution < 1.29 is 18.8 Å². The molecule has 1 unspecified atom stereocenters. The van der Waals surface area contributed by atoms with Crippen molar-refractivity contribution in [3.05, 3.63) is 12.7 Å². The SMILES string of the molecule is C=CC(O[Si](C)(C)C(C)(C)C)[C@@H]1[C@H](C=O)N1C(=O)OC(C)(C)C. The number of ether oxygens (including phenoxy) is 1. The first kappa shape index (κ1) is 19.9. The lowest BCUT2D eigenvalue weighted by Crippen LogP contribution is -2.45. The highest BCUT2D eigenvalue weighted by molar-refractivity contribution is 6.74. The van der Waals surface area contributed by atoms with Gasteiger partial charge in [0.25, 0.3) is 0 Å². The molecule has 0 bridgehead atoms. The Kier molecular flexibility index (Phi) is 5.53. The fourth-order valence-corrected chi connectivity index (χ4v) is 3.37. The molecule has 6 heteroatoms. The summed E-state index contributed by atoms with van der Waals surface area (Å²) in [6, 6.07) is -0.827. The Bertz CT molecular complexity index is 476. The molecule has 0 aliphatic carbocycles. The summed E-state index contributed by atoms with van der Waals surface area (Å²) in [5.41, 5.74) is -0.596. The Hall–Kier alpha value is -1.14. The molecule has 1 aliphatic rings. The molecule has 5 nitrogen and oxygen atoms in total. The lowest BCUT2D eigenvalue weighted by molar-refractivity contribution is -0.108. The molecule has 132 valence electrons. The number of carbonyl (C=O) groups is 2. The van der Waals surface area contributed by atoms with Crippen molar-refractivity contribution >= 4 is 20.7 Å². The second-order valence-corrected chi connectivity index (χ2v) is 13.3. The number of aldehydes is 1. The maximum Gasteiger partial charge on any atom is 0.411 e. The highest BCUT2D eigenvalue weighted by atomic mass is 28.4. The summed E-state index contributed by atoms with van der Waals surface area (Å²) in [6.07, 6.45) is 1.62. The van der Waals surface area contributed by atoms with Gasteiger partial charge in [-0.1, -0.05) is 26.8 Å². The lowest BCUT2D eigenvalue weighted by atomic mass is 10.2. The van der Waals surface area contributed by atoms with E-state index in [9.17, 15) is 9.59 Å². The van der Waals surface area contributed by atoms with E-state index in [0.717, 1.165) is 6.29 Å². The third-order valence-electron chi connectivity index (χ3n) is 4.45. The zero-order valence-corrected chi connectivity index (χ0v) is 16.7. The molecule has 1 amide bonds. The van der Waals surface area contributed by atoms with Crippen molar-refractivity contribution in [1.82, 2.24) is 4.90 Å². The average molecular weight is 342 g/mol. The van der Waals surface area contributed by atoms with Crippen molar-refractivity contribution in [1.29, 1.82) is 0 Å². The molecule has 1 heterocycles. The Morgan fingerprint density at radius 1 is 1.22 bits per heavy atom. The first-order valence-electron chi connectivity index (χ1n) is 8.02. The molecule has 1 aliphatic heterocycles. The average Bonchev–Trinajstić information content (AvgIpc) is 3.06. The molecule has 23 heavy (non-hydrogen) atoms. The van der Waals surface area contributed by atoms with Crippen LogP contribution in [0.3, 0.4) is 0 Å². The molecule has 1 fully saturated rings. The number of hydrogen-bond acceptors (Lipinski definition) is 4. The van der Waals surface area contributed by atoms with Gasteiger partial charge in [0.1, 0.15) is 17.9 Å². The molecule has 1 saturated heterocycles. The van der Waals surface area contributed by atoms with Gasteiger partial charge in [-0.3, -0.25) is 4.90 Å². The third kappa shape index (κ3) is 4.67. The first-order chi connectivity index (χ1) is 10.2. The van der Waals surface area contributed by atoms with Crippen molar-refractivity contribution in [3.63, 3.8) is 0 Å². The fourth-order valence-electron chi connectivity index (χ4n) is 2.10. The van der Waals surface area contributed by atoms with E-state index in [1.165, 1.54) is 4.90 Å². The van der Waals surface area contributed by atoms with Gasteiger partial charge in [-0.2, -0.15) is 0 Å². The van der Waals surface area contributed by atoms with Crippen LogP contribution >= 0.6 is 0 Å². The van der Waals surface area contributed by atoms with E-state index in [2.05, 4.69) is 40.4 Å². The van der Waals surface area contributed by atoms with E-state index in [4.69, 9.17) is 9.16 Å². The van der Waals surface area contributed by atoms with E-state index >= 15 is 0 Å². The molecule has 1 rings (SSSR count). The van der Waals surface area contributed by atoms with Gasteiger partial charge in [0, 0.05) is 0 Å². The van der Waals surface area contributed by atoms with Crippen LogP contribution in [0.2, 0.25) is 18.1 Å². The highest BCUT2D eigenvalue weighted by Gasteiger charge is 2.57. The van der Waals surface area contributed by atoms with Crippen LogP contribution < -0.4 is 0 Å². The molecule has 0 saturated carbocycles. The van der Waals surface area contributed by atoms with E-state index in [1.807, 2.05) is 0 Å². The van der Waals surface area contributed by atoms with Gasteiger partial charge in [0.05, 0.1) is 12.1 Å². The van der Waals surface area contributed by atoms with Crippen LogP contribution in [-0.4, -0.2) is 49.4 Å². The minimum absolute atomic E-state index is 0.0383. The number of carbonyl (C=O) groups excluding carboxylic acids is 2. The summed E-state index contributed by atoms with van der Waals surface area (Å²) in [5, 5.41) is 0.0383. The standard InChI is InChI=1S/C17H31NO4Si/c1-10-13(22-23(8,9)17(5,6)7)14-12(11-19)18(14)15(20)21-16(2,3)4/h10-14H,1H2,2-9H3/t12-,13?,14-,18?/m0/s1. The summed E-state index contributed by atoms with van der Waals surface area (Å²) in [7, 11) is -2.03. The number of rotatable bonds is 5. The van der Waals surface area contributed by atoms with Crippen molar-refractivity contribution in [2.75, 3.05) is 0 Å². The monoisotopic (exact) mass is 341 g/mol. The van der Waals surface area contributed by atoms with Crippen LogP contribution in [0.4, 0.5) is 4.79 Å². The summed E-state index contributed by atoms with van der Waals surface area (Å²) in [5.74, 6) is 0. The van der Waals surface area contributed by atoms with Crippen LogP contribution in [0.25, 0.3) is 0 Å². The van der Waals surface area contributed by atoms with Crippen LogP contribution in [0.1, 0.15) is 41.5 Å². The lowest BCUT2D eigenvalue weighted by Gasteiger charge is -2.38. The molecule has 0 radical (unpaired) electrons. The molecular formula is C17H31NO4Si. The minimum Gasteiger partial charge on any atom is -0.444 e. The highest BCUT2D eigenvalue weighted by Crippen LogP contribution is 2.41.